The number of methoxy groups -OCH3 is 1. The Hall–Kier alpha value is -4.16. The normalized spacial score (nSPS) is 15.2. The summed E-state index contributed by atoms with van der Waals surface area (Å²) in [6, 6.07) is 10.5. The van der Waals surface area contributed by atoms with Crippen LogP contribution in [0.25, 0.3) is 11.1 Å². The van der Waals surface area contributed by atoms with Crippen LogP contribution in [0.4, 0.5) is 20.2 Å². The van der Waals surface area contributed by atoms with Gasteiger partial charge in [-0.15, -0.1) is 0 Å². The number of aromatic nitrogens is 1. The predicted molar refractivity (Wildman–Crippen MR) is 129 cm³/mol. The van der Waals surface area contributed by atoms with Crippen LogP contribution in [0.15, 0.2) is 53.8 Å². The lowest BCUT2D eigenvalue weighted by molar-refractivity contribution is 0.0993. The predicted octanol–water partition coefficient (Wildman–Crippen LogP) is 4.64. The summed E-state index contributed by atoms with van der Waals surface area (Å²) in [6.07, 6.45) is 6.13. The third kappa shape index (κ3) is 5.18. The van der Waals surface area contributed by atoms with Crippen LogP contribution in [-0.4, -0.2) is 43.8 Å². The van der Waals surface area contributed by atoms with Crippen molar-refractivity contribution < 1.29 is 18.3 Å². The maximum atomic E-state index is 14.3. The van der Waals surface area contributed by atoms with Gasteiger partial charge in [0, 0.05) is 48.4 Å². The lowest BCUT2D eigenvalue weighted by Crippen LogP contribution is -2.27. The van der Waals surface area contributed by atoms with E-state index in [1.807, 2.05) is 6.07 Å². The molecule has 9 heteroatoms. The average molecular weight is 475 g/mol. The molecule has 2 aromatic carbocycles. The van der Waals surface area contributed by atoms with E-state index in [0.29, 0.717) is 11.1 Å². The van der Waals surface area contributed by atoms with Gasteiger partial charge in [0.25, 0.3) is 5.91 Å². The molecular weight excluding hydrogens is 452 g/mol. The first-order valence-corrected chi connectivity index (χ1v) is 11.0. The molecule has 1 aromatic heterocycles. The minimum atomic E-state index is -0.618. The largest absolute Gasteiger partial charge is 0.494 e. The number of pyridine rings is 1. The fourth-order valence-electron chi connectivity index (χ4n) is 3.95. The fourth-order valence-corrected chi connectivity index (χ4v) is 3.95. The summed E-state index contributed by atoms with van der Waals surface area (Å²) in [5.41, 5.74) is 1.65. The molecule has 0 saturated carbocycles. The number of hydrogen-bond acceptors (Lipinski definition) is 6. The Morgan fingerprint density at radius 3 is 2.77 bits per heavy atom. The number of nitriles is 1. The number of aliphatic imine (C=N–C) groups is 1. The van der Waals surface area contributed by atoms with E-state index < -0.39 is 17.5 Å². The summed E-state index contributed by atoms with van der Waals surface area (Å²) in [5.74, 6) is -1.64. The Morgan fingerprint density at radius 1 is 1.29 bits per heavy atom. The van der Waals surface area contributed by atoms with Crippen molar-refractivity contribution in [3.63, 3.8) is 0 Å². The summed E-state index contributed by atoms with van der Waals surface area (Å²) < 4.78 is 33.3. The Kier molecular flexibility index (Phi) is 7.13. The monoisotopic (exact) mass is 475 g/mol. The highest BCUT2D eigenvalue weighted by Crippen LogP contribution is 2.36. The highest BCUT2D eigenvalue weighted by molar-refractivity contribution is 6.11. The smallest absolute Gasteiger partial charge is 0.260 e. The van der Waals surface area contributed by atoms with Gasteiger partial charge in [0.05, 0.1) is 36.2 Å². The summed E-state index contributed by atoms with van der Waals surface area (Å²) in [5, 5.41) is 12.9. The highest BCUT2D eigenvalue weighted by Gasteiger charge is 2.23. The van der Waals surface area contributed by atoms with E-state index in [1.54, 1.807) is 18.3 Å². The second kappa shape index (κ2) is 10.4. The van der Waals surface area contributed by atoms with E-state index in [1.165, 1.54) is 49.5 Å². The molecule has 1 amide bonds. The van der Waals surface area contributed by atoms with Gasteiger partial charge in [-0.3, -0.25) is 14.8 Å². The number of hydrogen-bond donors (Lipinski definition) is 1. The zero-order valence-electron chi connectivity index (χ0n) is 19.3. The molecule has 7 nitrogen and oxygen atoms in total. The lowest BCUT2D eigenvalue weighted by Gasteiger charge is -2.20. The van der Waals surface area contributed by atoms with Gasteiger partial charge in [-0.25, -0.2) is 8.78 Å². The van der Waals surface area contributed by atoms with Crippen molar-refractivity contribution in [3.8, 4) is 22.9 Å². The zero-order valence-corrected chi connectivity index (χ0v) is 19.3. The zero-order chi connectivity index (χ0) is 24.9. The Balaban J connectivity index is 1.85. The molecule has 1 unspecified atom stereocenters. The number of halogens is 2. The number of carbonyl (C=O) groups excluding carboxylic acids is 1. The van der Waals surface area contributed by atoms with Gasteiger partial charge in [0.1, 0.15) is 5.82 Å². The first-order valence-electron chi connectivity index (χ1n) is 11.0. The lowest BCUT2D eigenvalue weighted by atomic mass is 9.97. The fraction of sp³-hybridized carbons (Fsp3) is 0.231. The van der Waals surface area contributed by atoms with E-state index in [0.717, 1.165) is 25.6 Å². The van der Waals surface area contributed by atoms with Crippen molar-refractivity contribution in [2.24, 2.45) is 4.99 Å². The van der Waals surface area contributed by atoms with Crippen LogP contribution < -0.4 is 15.0 Å². The van der Waals surface area contributed by atoms with Crippen LogP contribution in [0.3, 0.4) is 0 Å². The maximum absolute atomic E-state index is 14.3. The Bertz CT molecular complexity index is 1330. The van der Waals surface area contributed by atoms with Crippen LogP contribution in [0.1, 0.15) is 28.8 Å². The number of ether oxygens (including phenoxy) is 1. The first-order chi connectivity index (χ1) is 16.9. The molecule has 0 radical (unpaired) electrons. The SMILES string of the molecule is COc1ccc(N(C)C(=O)c2cc(C#N)cc(-c3cncc(F)c3)c2/N=C/C2CCCN2)cc1F. The van der Waals surface area contributed by atoms with E-state index in [-0.39, 0.29) is 34.3 Å². The molecule has 0 aliphatic carbocycles. The average Bonchev–Trinajstić information content (AvgIpc) is 3.39. The molecule has 1 N–H and O–H groups in total. The second-order valence-corrected chi connectivity index (χ2v) is 8.09. The van der Waals surface area contributed by atoms with E-state index in [9.17, 15) is 18.8 Å². The van der Waals surface area contributed by atoms with Gasteiger partial charge in [0.2, 0.25) is 0 Å². The molecule has 3 aromatic rings. The number of benzene rings is 2. The van der Waals surface area contributed by atoms with E-state index in [2.05, 4.69) is 15.3 Å². The van der Waals surface area contributed by atoms with Crippen LogP contribution in [-0.2, 0) is 0 Å². The summed E-state index contributed by atoms with van der Waals surface area (Å²) in [6.45, 7) is 0.863. The Morgan fingerprint density at radius 2 is 2.11 bits per heavy atom. The van der Waals surface area contributed by atoms with Gasteiger partial charge in [-0.05, 0) is 49.7 Å². The standard InChI is InChI=1S/C26H23F2N5O2/c1-33(20-5-6-24(35-2)23(28)11-20)26(34)22-9-16(12-29)8-21(17-10-18(27)14-30-13-17)25(22)32-15-19-4-3-7-31-19/h5-6,8-11,13-15,19,31H,3-4,7H2,1-2H3/b32-15+. The van der Waals surface area contributed by atoms with Crippen molar-refractivity contribution in [2.75, 3.05) is 25.6 Å². The van der Waals surface area contributed by atoms with Gasteiger partial charge in [0.15, 0.2) is 11.6 Å². The third-order valence-electron chi connectivity index (χ3n) is 5.79. The molecule has 1 fully saturated rings. The minimum absolute atomic E-state index is 0.0282. The highest BCUT2D eigenvalue weighted by atomic mass is 19.1. The van der Waals surface area contributed by atoms with Gasteiger partial charge < -0.3 is 15.0 Å². The number of nitrogens with zero attached hydrogens (tertiary/aromatic N) is 4. The van der Waals surface area contributed by atoms with Gasteiger partial charge in [-0.2, -0.15) is 5.26 Å². The van der Waals surface area contributed by atoms with Crippen molar-refractivity contribution in [3.05, 3.63) is 71.6 Å². The number of carbonyl (C=O) groups is 1. The minimum Gasteiger partial charge on any atom is -0.494 e. The molecule has 1 aliphatic rings. The molecule has 0 bridgehead atoms. The molecular formula is C26H23F2N5O2. The number of nitrogens with one attached hydrogen (secondary N) is 1. The number of amides is 1. The van der Waals surface area contributed by atoms with Gasteiger partial charge >= 0.3 is 0 Å². The molecule has 4 rings (SSSR count). The topological polar surface area (TPSA) is 90.6 Å². The molecule has 1 aliphatic heterocycles. The molecule has 1 atom stereocenters. The molecule has 0 spiro atoms. The van der Waals surface area contributed by atoms with Crippen LogP contribution in [0, 0.1) is 23.0 Å². The van der Waals surface area contributed by atoms with Crippen molar-refractivity contribution in [2.45, 2.75) is 18.9 Å². The quantitative estimate of drug-likeness (QED) is 0.525. The van der Waals surface area contributed by atoms with Crippen molar-refractivity contribution in [1.82, 2.24) is 10.3 Å². The summed E-state index contributed by atoms with van der Waals surface area (Å²) >= 11 is 0. The van der Waals surface area contributed by atoms with Crippen molar-refractivity contribution in [1.29, 1.82) is 5.26 Å². The molecule has 35 heavy (non-hydrogen) atoms. The Labute approximate surface area is 201 Å². The molecule has 178 valence electrons. The van der Waals surface area contributed by atoms with Crippen LogP contribution >= 0.6 is 0 Å². The van der Waals surface area contributed by atoms with Crippen LogP contribution in [0.5, 0.6) is 5.75 Å². The van der Waals surface area contributed by atoms with Crippen LogP contribution in [0.2, 0.25) is 0 Å². The third-order valence-corrected chi connectivity index (χ3v) is 5.79. The van der Waals surface area contributed by atoms with E-state index >= 15 is 0 Å². The van der Waals surface area contributed by atoms with Crippen molar-refractivity contribution >= 4 is 23.5 Å². The van der Waals surface area contributed by atoms with Gasteiger partial charge in [-0.1, -0.05) is 0 Å². The number of anilines is 1. The number of rotatable bonds is 6. The molecule has 1 saturated heterocycles. The summed E-state index contributed by atoms with van der Waals surface area (Å²) in [4.78, 5) is 23.4. The molecule has 2 heterocycles. The summed E-state index contributed by atoms with van der Waals surface area (Å²) in [7, 11) is 2.85. The first kappa shape index (κ1) is 24.0. The van der Waals surface area contributed by atoms with E-state index in [4.69, 9.17) is 4.74 Å². The maximum Gasteiger partial charge on any atom is 0.260 e. The second-order valence-electron chi connectivity index (χ2n) is 8.09.